The zero-order valence-electron chi connectivity index (χ0n) is 18.8. The minimum absolute atomic E-state index is 0.150. The molecule has 182 valence electrons. The number of halogens is 2. The standard InChI is InChI=1S/C21H29Cl2N5O5/c1-21(2,3)33-20(32)24-9-11-6-7-28(10-11)17-14(22)8-13(18(29)26-27-19(30)31)16(15(17)23)25-12-4-5-12/h8,11-12,25,27H,4-7,9-10H2,1-3H3,(H,24,32)(H,26,29)(H,30,31). The molecule has 0 bridgehead atoms. The molecule has 33 heavy (non-hydrogen) atoms. The van der Waals surface area contributed by atoms with Crippen molar-refractivity contribution in [1.29, 1.82) is 0 Å². The fourth-order valence-electron chi connectivity index (χ4n) is 3.57. The van der Waals surface area contributed by atoms with E-state index in [2.05, 4.69) is 16.1 Å². The van der Waals surface area contributed by atoms with Crippen molar-refractivity contribution >= 4 is 52.7 Å². The van der Waals surface area contributed by atoms with Gasteiger partial charge in [-0.1, -0.05) is 23.2 Å². The number of nitrogens with one attached hydrogen (secondary N) is 4. The third-order valence-corrected chi connectivity index (χ3v) is 5.84. The van der Waals surface area contributed by atoms with Gasteiger partial charge < -0.3 is 25.4 Å². The van der Waals surface area contributed by atoms with Crippen molar-refractivity contribution in [3.63, 3.8) is 0 Å². The Hall–Kier alpha value is -2.59. The Morgan fingerprint density at radius 2 is 1.88 bits per heavy atom. The van der Waals surface area contributed by atoms with E-state index in [1.165, 1.54) is 6.07 Å². The van der Waals surface area contributed by atoms with Gasteiger partial charge in [0.1, 0.15) is 5.60 Å². The molecule has 2 fully saturated rings. The maximum Gasteiger partial charge on any atom is 0.423 e. The van der Waals surface area contributed by atoms with Gasteiger partial charge in [0.15, 0.2) is 0 Å². The molecular weight excluding hydrogens is 473 g/mol. The van der Waals surface area contributed by atoms with E-state index in [0.29, 0.717) is 36.0 Å². The van der Waals surface area contributed by atoms with Crippen LogP contribution in [-0.2, 0) is 4.74 Å². The summed E-state index contributed by atoms with van der Waals surface area (Å²) in [6.45, 7) is 7.17. The first-order valence-electron chi connectivity index (χ1n) is 10.7. The molecule has 0 spiro atoms. The van der Waals surface area contributed by atoms with Crippen molar-refractivity contribution in [1.82, 2.24) is 16.2 Å². The highest BCUT2D eigenvalue weighted by Crippen LogP contribution is 2.44. The number of hydrazine groups is 1. The summed E-state index contributed by atoms with van der Waals surface area (Å²) in [5, 5.41) is 15.4. The first kappa shape index (κ1) is 25.0. The molecule has 0 aromatic heterocycles. The molecular formula is C21H29Cl2N5O5. The third kappa shape index (κ3) is 6.94. The Morgan fingerprint density at radius 1 is 1.18 bits per heavy atom. The smallest absolute Gasteiger partial charge is 0.423 e. The van der Waals surface area contributed by atoms with Gasteiger partial charge in [0, 0.05) is 25.7 Å². The molecule has 1 heterocycles. The molecule has 1 saturated heterocycles. The fraction of sp³-hybridized carbons (Fsp3) is 0.571. The van der Waals surface area contributed by atoms with Crippen LogP contribution in [0.3, 0.4) is 0 Å². The molecule has 1 aliphatic carbocycles. The van der Waals surface area contributed by atoms with Crippen molar-refractivity contribution in [2.45, 2.75) is 51.7 Å². The maximum absolute atomic E-state index is 12.5. The zero-order chi connectivity index (χ0) is 24.3. The van der Waals surface area contributed by atoms with Gasteiger partial charge in [0.2, 0.25) is 0 Å². The molecule has 12 heteroatoms. The van der Waals surface area contributed by atoms with Crippen LogP contribution < -0.4 is 26.4 Å². The Bertz CT molecular complexity index is 933. The van der Waals surface area contributed by atoms with E-state index in [9.17, 15) is 14.4 Å². The van der Waals surface area contributed by atoms with Gasteiger partial charge >= 0.3 is 12.2 Å². The average Bonchev–Trinajstić information content (AvgIpc) is 3.41. The molecule has 3 amide bonds. The fourth-order valence-corrected chi connectivity index (χ4v) is 4.32. The van der Waals surface area contributed by atoms with E-state index < -0.39 is 23.7 Å². The summed E-state index contributed by atoms with van der Waals surface area (Å²) in [5.74, 6) is -0.496. The SMILES string of the molecule is CC(C)(C)OC(=O)NCC1CCN(c2c(Cl)cc(C(=O)NNC(=O)O)c(NC3CC3)c2Cl)C1. The maximum atomic E-state index is 12.5. The number of alkyl carbamates (subject to hydrolysis) is 1. The minimum Gasteiger partial charge on any atom is -0.464 e. The number of anilines is 2. The van der Waals surface area contributed by atoms with E-state index in [4.69, 9.17) is 33.0 Å². The normalized spacial score (nSPS) is 18.0. The second kappa shape index (κ2) is 10.1. The van der Waals surface area contributed by atoms with E-state index in [1.54, 1.807) is 0 Å². The summed E-state index contributed by atoms with van der Waals surface area (Å²) in [6, 6.07) is 1.68. The molecule has 2 aliphatic rings. The highest BCUT2D eigenvalue weighted by molar-refractivity contribution is 6.42. The molecule has 1 unspecified atom stereocenters. The van der Waals surface area contributed by atoms with E-state index in [0.717, 1.165) is 19.3 Å². The van der Waals surface area contributed by atoms with Crippen LogP contribution in [0.1, 0.15) is 50.4 Å². The summed E-state index contributed by atoms with van der Waals surface area (Å²) in [5.41, 5.74) is 4.56. The molecule has 1 aliphatic heterocycles. The molecule has 1 saturated carbocycles. The summed E-state index contributed by atoms with van der Waals surface area (Å²) < 4.78 is 5.28. The van der Waals surface area contributed by atoms with Crippen LogP contribution in [-0.4, -0.2) is 54.5 Å². The van der Waals surface area contributed by atoms with Gasteiger partial charge in [-0.2, -0.15) is 0 Å². The zero-order valence-corrected chi connectivity index (χ0v) is 20.3. The van der Waals surface area contributed by atoms with Crippen LogP contribution in [0.4, 0.5) is 21.0 Å². The van der Waals surface area contributed by atoms with Crippen molar-refractivity contribution in [2.75, 3.05) is 29.9 Å². The van der Waals surface area contributed by atoms with Crippen molar-refractivity contribution in [3.05, 3.63) is 21.7 Å². The number of ether oxygens (including phenoxy) is 1. The third-order valence-electron chi connectivity index (χ3n) is 5.18. The van der Waals surface area contributed by atoms with Crippen LogP contribution in [0.2, 0.25) is 10.0 Å². The van der Waals surface area contributed by atoms with E-state index in [-0.39, 0.29) is 22.5 Å². The quantitative estimate of drug-likeness (QED) is 0.374. The predicted octanol–water partition coefficient (Wildman–Crippen LogP) is 3.83. The number of rotatable bonds is 6. The van der Waals surface area contributed by atoms with E-state index in [1.807, 2.05) is 31.1 Å². The molecule has 3 rings (SSSR count). The Balaban J connectivity index is 1.74. The van der Waals surface area contributed by atoms with Gasteiger partial charge in [-0.15, -0.1) is 0 Å². The lowest BCUT2D eigenvalue weighted by Crippen LogP contribution is -2.41. The largest absolute Gasteiger partial charge is 0.464 e. The highest BCUT2D eigenvalue weighted by Gasteiger charge is 2.32. The first-order chi connectivity index (χ1) is 15.4. The van der Waals surface area contributed by atoms with Crippen LogP contribution in [0.15, 0.2) is 6.07 Å². The van der Waals surface area contributed by atoms with Gasteiger partial charge in [-0.3, -0.25) is 10.2 Å². The number of carbonyl (C=O) groups excluding carboxylic acids is 2. The van der Waals surface area contributed by atoms with Crippen molar-refractivity contribution in [3.8, 4) is 0 Å². The molecule has 5 N–H and O–H groups in total. The number of carboxylic acid groups (broad SMARTS) is 1. The summed E-state index contributed by atoms with van der Waals surface area (Å²) in [6.07, 6.45) is 0.865. The van der Waals surface area contributed by atoms with Crippen LogP contribution in [0.5, 0.6) is 0 Å². The number of hydrogen-bond donors (Lipinski definition) is 5. The Labute approximate surface area is 202 Å². The molecule has 1 aromatic rings. The molecule has 10 nitrogen and oxygen atoms in total. The summed E-state index contributed by atoms with van der Waals surface area (Å²) in [7, 11) is 0. The molecule has 1 aromatic carbocycles. The lowest BCUT2D eigenvalue weighted by molar-refractivity contribution is 0.0520. The summed E-state index contributed by atoms with van der Waals surface area (Å²) >= 11 is 13.3. The first-order valence-corrected chi connectivity index (χ1v) is 11.5. The number of nitrogens with zero attached hydrogens (tertiary/aromatic N) is 1. The monoisotopic (exact) mass is 501 g/mol. The van der Waals surface area contributed by atoms with E-state index >= 15 is 0 Å². The lowest BCUT2D eigenvalue weighted by atomic mass is 10.1. The van der Waals surface area contributed by atoms with Crippen molar-refractivity contribution < 1.29 is 24.2 Å². The second-order valence-electron chi connectivity index (χ2n) is 9.23. The Kier molecular flexibility index (Phi) is 7.69. The van der Waals surface area contributed by atoms with Gasteiger partial charge in [-0.05, 0) is 52.0 Å². The summed E-state index contributed by atoms with van der Waals surface area (Å²) in [4.78, 5) is 37.3. The topological polar surface area (TPSA) is 132 Å². The second-order valence-corrected chi connectivity index (χ2v) is 10.0. The van der Waals surface area contributed by atoms with Crippen molar-refractivity contribution in [2.24, 2.45) is 5.92 Å². The van der Waals surface area contributed by atoms with Gasteiger partial charge in [-0.25, -0.2) is 15.0 Å². The predicted molar refractivity (Wildman–Crippen MR) is 126 cm³/mol. The lowest BCUT2D eigenvalue weighted by Gasteiger charge is -2.25. The highest BCUT2D eigenvalue weighted by atomic mass is 35.5. The van der Waals surface area contributed by atoms with Crippen LogP contribution in [0.25, 0.3) is 0 Å². The number of carbonyl (C=O) groups is 3. The van der Waals surface area contributed by atoms with Crippen LogP contribution >= 0.6 is 23.2 Å². The average molecular weight is 502 g/mol. The number of hydrogen-bond acceptors (Lipinski definition) is 6. The number of amides is 3. The number of benzene rings is 1. The van der Waals surface area contributed by atoms with Crippen LogP contribution in [0, 0.1) is 5.92 Å². The van der Waals surface area contributed by atoms with Gasteiger partial charge in [0.05, 0.1) is 27.0 Å². The molecule has 1 atom stereocenters. The van der Waals surface area contributed by atoms with Gasteiger partial charge in [0.25, 0.3) is 5.91 Å². The Morgan fingerprint density at radius 3 is 2.48 bits per heavy atom. The minimum atomic E-state index is -1.39. The molecule has 0 radical (unpaired) electrons.